The fourth-order valence-corrected chi connectivity index (χ4v) is 4.28. The number of Topliss-reactive ketones (excluding diaryl/α,β-unsaturated/α-hetero) is 1. The zero-order valence-electron chi connectivity index (χ0n) is 18.1. The van der Waals surface area contributed by atoms with Gasteiger partial charge >= 0.3 is 5.97 Å². The summed E-state index contributed by atoms with van der Waals surface area (Å²) in [5.74, 6) is -0.0963. The number of amides is 1. The lowest BCUT2D eigenvalue weighted by atomic mass is 9.84. The van der Waals surface area contributed by atoms with E-state index in [0.717, 1.165) is 5.56 Å². The molecule has 1 heterocycles. The third-order valence-electron chi connectivity index (χ3n) is 6.01. The van der Waals surface area contributed by atoms with E-state index < -0.39 is 17.6 Å². The molecule has 1 aliphatic carbocycles. The molecule has 0 spiro atoms. The summed E-state index contributed by atoms with van der Waals surface area (Å²) in [5.41, 5.74) is 7.42. The van der Waals surface area contributed by atoms with Crippen LogP contribution in [0, 0.1) is 0 Å². The second-order valence-corrected chi connectivity index (χ2v) is 8.22. The number of nitrogen functional groups attached to an aromatic ring is 1. The molecule has 2 aromatic carbocycles. The van der Waals surface area contributed by atoms with Crippen LogP contribution in [0.25, 0.3) is 0 Å². The Morgan fingerprint density at radius 3 is 2.58 bits per heavy atom. The summed E-state index contributed by atoms with van der Waals surface area (Å²) < 4.78 is 11.6. The molecule has 0 fully saturated rings. The molecule has 0 saturated heterocycles. The van der Waals surface area contributed by atoms with E-state index >= 15 is 0 Å². The minimum absolute atomic E-state index is 0.0766. The number of ether oxygens (including phenoxy) is 2. The van der Waals surface area contributed by atoms with Gasteiger partial charge in [0.25, 0.3) is 0 Å². The average Bonchev–Trinajstić information content (AvgIpc) is 3.19. The second kappa shape index (κ2) is 7.41. The summed E-state index contributed by atoms with van der Waals surface area (Å²) >= 11 is 0. The molecular formula is C24H26N2O5. The van der Waals surface area contributed by atoms with Crippen molar-refractivity contribution in [2.45, 2.75) is 58.1 Å². The highest BCUT2D eigenvalue weighted by atomic mass is 16.5. The SMILES string of the molecule is CCC(=O)N[C@]12C(=O)c3c(ccc(OC(=O)CC)c3N)[C@H]1Oc1cc(C(C)C)ccc12. The van der Waals surface area contributed by atoms with Gasteiger partial charge in [0.05, 0.1) is 11.3 Å². The third-order valence-corrected chi connectivity index (χ3v) is 6.01. The van der Waals surface area contributed by atoms with Crippen molar-refractivity contribution in [3.8, 4) is 11.5 Å². The van der Waals surface area contributed by atoms with Gasteiger partial charge in [0.1, 0.15) is 5.75 Å². The van der Waals surface area contributed by atoms with Crippen molar-refractivity contribution < 1.29 is 23.9 Å². The Hall–Kier alpha value is -3.35. The number of carbonyl (C=O) groups is 3. The Labute approximate surface area is 180 Å². The number of hydrogen-bond acceptors (Lipinski definition) is 6. The van der Waals surface area contributed by atoms with Crippen LogP contribution < -0.4 is 20.5 Å². The highest BCUT2D eigenvalue weighted by Crippen LogP contribution is 2.57. The van der Waals surface area contributed by atoms with Crippen LogP contribution in [0.4, 0.5) is 5.69 Å². The number of nitrogens with two attached hydrogens (primary N) is 1. The first-order valence-electron chi connectivity index (χ1n) is 10.5. The summed E-state index contributed by atoms with van der Waals surface area (Å²) in [6, 6.07) is 8.97. The highest BCUT2D eigenvalue weighted by molar-refractivity contribution is 6.15. The number of nitrogens with one attached hydrogen (secondary N) is 1. The van der Waals surface area contributed by atoms with E-state index in [-0.39, 0.29) is 47.5 Å². The molecule has 7 nitrogen and oxygen atoms in total. The zero-order chi connectivity index (χ0) is 22.5. The van der Waals surface area contributed by atoms with Gasteiger partial charge in [0.2, 0.25) is 5.91 Å². The Morgan fingerprint density at radius 1 is 1.19 bits per heavy atom. The van der Waals surface area contributed by atoms with Gasteiger partial charge in [-0.1, -0.05) is 45.9 Å². The van der Waals surface area contributed by atoms with Gasteiger partial charge in [-0.05, 0) is 23.6 Å². The second-order valence-electron chi connectivity index (χ2n) is 8.22. The van der Waals surface area contributed by atoms with Gasteiger partial charge in [0.15, 0.2) is 23.2 Å². The maximum absolute atomic E-state index is 13.8. The molecule has 2 atom stereocenters. The molecule has 4 rings (SSSR count). The Balaban J connectivity index is 1.88. The Bertz CT molecular complexity index is 1110. The summed E-state index contributed by atoms with van der Waals surface area (Å²) in [5, 5.41) is 2.93. The minimum Gasteiger partial charge on any atom is -0.482 e. The molecule has 0 saturated carbocycles. The van der Waals surface area contributed by atoms with Crippen LogP contribution in [-0.4, -0.2) is 17.7 Å². The molecule has 2 aliphatic rings. The van der Waals surface area contributed by atoms with Crippen molar-refractivity contribution >= 4 is 23.3 Å². The normalized spacial score (nSPS) is 20.7. The molecule has 31 heavy (non-hydrogen) atoms. The maximum Gasteiger partial charge on any atom is 0.310 e. The first-order chi connectivity index (χ1) is 14.7. The predicted octanol–water partition coefficient (Wildman–Crippen LogP) is 3.76. The number of carbonyl (C=O) groups excluding carboxylic acids is 3. The smallest absolute Gasteiger partial charge is 0.310 e. The van der Waals surface area contributed by atoms with Crippen molar-refractivity contribution in [3.63, 3.8) is 0 Å². The van der Waals surface area contributed by atoms with Crippen LogP contribution in [0.15, 0.2) is 30.3 Å². The molecule has 1 amide bonds. The van der Waals surface area contributed by atoms with Crippen LogP contribution in [0.2, 0.25) is 0 Å². The maximum atomic E-state index is 13.8. The van der Waals surface area contributed by atoms with Crippen LogP contribution >= 0.6 is 0 Å². The summed E-state index contributed by atoms with van der Waals surface area (Å²) in [6.07, 6.45) is -0.355. The van der Waals surface area contributed by atoms with Crippen molar-refractivity contribution in [2.24, 2.45) is 0 Å². The number of rotatable bonds is 5. The van der Waals surface area contributed by atoms with Crippen molar-refractivity contribution in [2.75, 3.05) is 5.73 Å². The summed E-state index contributed by atoms with van der Waals surface area (Å²) in [7, 11) is 0. The fourth-order valence-electron chi connectivity index (χ4n) is 4.28. The van der Waals surface area contributed by atoms with E-state index in [0.29, 0.717) is 16.9 Å². The number of anilines is 1. The summed E-state index contributed by atoms with van der Waals surface area (Å²) in [4.78, 5) is 38.1. The topological polar surface area (TPSA) is 108 Å². The molecular weight excluding hydrogens is 396 g/mol. The standard InChI is InChI=1S/C24H26N2O5/c1-5-18(27)26-24-15-9-7-13(12(3)4)11-17(15)31-23(24)14-8-10-16(30-19(28)6-2)21(25)20(14)22(24)29/h7-12,23H,5-6,25H2,1-4H3,(H,26,27)/t23-,24-/m1/s1. The van der Waals surface area contributed by atoms with E-state index in [9.17, 15) is 14.4 Å². The zero-order valence-corrected chi connectivity index (χ0v) is 18.1. The molecule has 0 bridgehead atoms. The molecule has 0 unspecified atom stereocenters. The van der Waals surface area contributed by atoms with Gasteiger partial charge in [-0.3, -0.25) is 14.4 Å². The monoisotopic (exact) mass is 422 g/mol. The fraction of sp³-hybridized carbons (Fsp3) is 0.375. The Kier molecular flexibility index (Phi) is 5.00. The summed E-state index contributed by atoms with van der Waals surface area (Å²) in [6.45, 7) is 7.55. The van der Waals surface area contributed by atoms with E-state index in [1.807, 2.05) is 18.2 Å². The van der Waals surface area contributed by atoms with E-state index in [2.05, 4.69) is 19.2 Å². The first kappa shape index (κ1) is 20.9. The van der Waals surface area contributed by atoms with E-state index in [4.69, 9.17) is 15.2 Å². The molecule has 0 aromatic heterocycles. The molecule has 1 aliphatic heterocycles. The molecule has 0 radical (unpaired) electrons. The van der Waals surface area contributed by atoms with Crippen LogP contribution in [-0.2, 0) is 15.1 Å². The molecule has 162 valence electrons. The molecule has 2 aromatic rings. The lowest BCUT2D eigenvalue weighted by Crippen LogP contribution is -2.51. The highest BCUT2D eigenvalue weighted by Gasteiger charge is 2.62. The van der Waals surface area contributed by atoms with Gasteiger partial charge < -0.3 is 20.5 Å². The molecule has 7 heteroatoms. The average molecular weight is 422 g/mol. The van der Waals surface area contributed by atoms with Crippen molar-refractivity contribution in [3.05, 3.63) is 52.6 Å². The van der Waals surface area contributed by atoms with Gasteiger partial charge in [-0.15, -0.1) is 0 Å². The number of esters is 1. The number of ketones is 1. The van der Waals surface area contributed by atoms with Gasteiger partial charge in [-0.25, -0.2) is 0 Å². The lowest BCUT2D eigenvalue weighted by molar-refractivity contribution is -0.134. The quantitative estimate of drug-likeness (QED) is 0.432. The first-order valence-corrected chi connectivity index (χ1v) is 10.5. The lowest BCUT2D eigenvalue weighted by Gasteiger charge is -2.28. The van der Waals surface area contributed by atoms with Crippen LogP contribution in [0.5, 0.6) is 11.5 Å². The molecule has 3 N–H and O–H groups in total. The van der Waals surface area contributed by atoms with Crippen LogP contribution in [0.3, 0.4) is 0 Å². The third kappa shape index (κ3) is 2.99. The number of fused-ring (bicyclic) bond motifs is 5. The van der Waals surface area contributed by atoms with Gasteiger partial charge in [0, 0.05) is 24.0 Å². The largest absolute Gasteiger partial charge is 0.482 e. The Morgan fingerprint density at radius 2 is 1.94 bits per heavy atom. The predicted molar refractivity (Wildman–Crippen MR) is 115 cm³/mol. The van der Waals surface area contributed by atoms with Crippen LogP contribution in [0.1, 0.15) is 79.6 Å². The van der Waals surface area contributed by atoms with Crippen molar-refractivity contribution in [1.82, 2.24) is 5.32 Å². The minimum atomic E-state index is -1.40. The van der Waals surface area contributed by atoms with Crippen molar-refractivity contribution in [1.29, 1.82) is 0 Å². The van der Waals surface area contributed by atoms with Gasteiger partial charge in [-0.2, -0.15) is 0 Å². The van der Waals surface area contributed by atoms with E-state index in [1.165, 1.54) is 0 Å². The number of benzene rings is 2. The van der Waals surface area contributed by atoms with E-state index in [1.54, 1.807) is 26.0 Å². The number of hydrogen-bond donors (Lipinski definition) is 2.